The number of amides is 1. The normalized spacial score (nSPS) is 10.6. The maximum atomic E-state index is 12.2. The van der Waals surface area contributed by atoms with E-state index in [9.17, 15) is 4.79 Å². The standard InChI is InChI=1S/C17H21ClN4O/c1-22(2)11-5-10-19-13-8-9-16(20-12-13)17(23)21-15-7-4-3-6-14(15)18/h3-4,6-9,12,19H,5,10-11H2,1-2H3,(H,21,23). The second-order valence-electron chi connectivity index (χ2n) is 5.45. The van der Waals surface area contributed by atoms with Crippen molar-refractivity contribution in [2.45, 2.75) is 6.42 Å². The fraction of sp³-hybridized carbons (Fsp3) is 0.294. The van der Waals surface area contributed by atoms with Gasteiger partial charge in [-0.1, -0.05) is 23.7 Å². The molecule has 6 heteroatoms. The van der Waals surface area contributed by atoms with Gasteiger partial charge >= 0.3 is 0 Å². The van der Waals surface area contributed by atoms with Crippen LogP contribution in [0.3, 0.4) is 0 Å². The Morgan fingerprint density at radius 3 is 2.65 bits per heavy atom. The fourth-order valence-corrected chi connectivity index (χ4v) is 2.19. The third-order valence-electron chi connectivity index (χ3n) is 3.23. The predicted octanol–water partition coefficient (Wildman–Crippen LogP) is 3.35. The molecule has 0 atom stereocenters. The van der Waals surface area contributed by atoms with E-state index in [-0.39, 0.29) is 5.91 Å². The molecule has 5 nitrogen and oxygen atoms in total. The molecule has 0 aliphatic rings. The van der Waals surface area contributed by atoms with Crippen LogP contribution in [0.2, 0.25) is 5.02 Å². The molecular formula is C17H21ClN4O. The minimum Gasteiger partial charge on any atom is -0.384 e. The highest BCUT2D eigenvalue weighted by atomic mass is 35.5. The molecule has 0 aliphatic carbocycles. The molecule has 0 saturated heterocycles. The minimum absolute atomic E-state index is 0.280. The van der Waals surface area contributed by atoms with Gasteiger partial charge < -0.3 is 15.5 Å². The highest BCUT2D eigenvalue weighted by Gasteiger charge is 2.09. The second-order valence-corrected chi connectivity index (χ2v) is 5.86. The molecule has 1 heterocycles. The first kappa shape index (κ1) is 17.2. The van der Waals surface area contributed by atoms with Gasteiger partial charge in [-0.2, -0.15) is 0 Å². The van der Waals surface area contributed by atoms with E-state index in [1.165, 1.54) is 0 Å². The van der Waals surface area contributed by atoms with E-state index in [0.717, 1.165) is 25.2 Å². The zero-order valence-electron chi connectivity index (χ0n) is 13.3. The molecule has 0 spiro atoms. The van der Waals surface area contributed by atoms with Crippen LogP contribution in [0.25, 0.3) is 0 Å². The van der Waals surface area contributed by atoms with Crippen LogP contribution in [0, 0.1) is 0 Å². The van der Waals surface area contributed by atoms with E-state index >= 15 is 0 Å². The van der Waals surface area contributed by atoms with Crippen LogP contribution < -0.4 is 10.6 Å². The van der Waals surface area contributed by atoms with Gasteiger partial charge in [0.05, 0.1) is 22.6 Å². The van der Waals surface area contributed by atoms with Crippen molar-refractivity contribution in [1.82, 2.24) is 9.88 Å². The Hall–Kier alpha value is -2.11. The van der Waals surface area contributed by atoms with Crippen LogP contribution in [-0.4, -0.2) is 43.0 Å². The molecule has 0 radical (unpaired) electrons. The number of carbonyl (C=O) groups is 1. The summed E-state index contributed by atoms with van der Waals surface area (Å²) in [5.74, 6) is -0.280. The molecule has 0 unspecified atom stereocenters. The third-order valence-corrected chi connectivity index (χ3v) is 3.56. The Bertz CT molecular complexity index is 643. The topological polar surface area (TPSA) is 57.3 Å². The zero-order chi connectivity index (χ0) is 16.7. The largest absolute Gasteiger partial charge is 0.384 e. The summed E-state index contributed by atoms with van der Waals surface area (Å²) in [6.07, 6.45) is 2.71. The maximum Gasteiger partial charge on any atom is 0.274 e. The third kappa shape index (κ3) is 5.54. The quantitative estimate of drug-likeness (QED) is 0.763. The van der Waals surface area contributed by atoms with Gasteiger partial charge in [-0.3, -0.25) is 4.79 Å². The van der Waals surface area contributed by atoms with Crippen molar-refractivity contribution in [3.63, 3.8) is 0 Å². The Morgan fingerprint density at radius 2 is 2.00 bits per heavy atom. The van der Waals surface area contributed by atoms with Crippen LogP contribution in [0.5, 0.6) is 0 Å². The molecular weight excluding hydrogens is 312 g/mol. The van der Waals surface area contributed by atoms with Gasteiger partial charge in [0.2, 0.25) is 0 Å². The first-order valence-corrected chi connectivity index (χ1v) is 7.84. The number of hydrogen-bond acceptors (Lipinski definition) is 4. The summed E-state index contributed by atoms with van der Waals surface area (Å²) < 4.78 is 0. The van der Waals surface area contributed by atoms with Crippen molar-refractivity contribution in [3.05, 3.63) is 53.3 Å². The first-order valence-electron chi connectivity index (χ1n) is 7.47. The highest BCUT2D eigenvalue weighted by molar-refractivity contribution is 6.33. The van der Waals surface area contributed by atoms with Gasteiger partial charge in [-0.15, -0.1) is 0 Å². The summed E-state index contributed by atoms with van der Waals surface area (Å²) >= 11 is 6.03. The number of hydrogen-bond donors (Lipinski definition) is 2. The number of carbonyl (C=O) groups excluding carboxylic acids is 1. The van der Waals surface area contributed by atoms with E-state index in [1.807, 2.05) is 32.3 Å². The smallest absolute Gasteiger partial charge is 0.274 e. The zero-order valence-corrected chi connectivity index (χ0v) is 14.1. The molecule has 2 N–H and O–H groups in total. The fourth-order valence-electron chi connectivity index (χ4n) is 2.01. The predicted molar refractivity (Wildman–Crippen MR) is 95.3 cm³/mol. The van der Waals surface area contributed by atoms with E-state index < -0.39 is 0 Å². The summed E-state index contributed by atoms with van der Waals surface area (Å²) in [6, 6.07) is 10.7. The number of anilines is 2. The highest BCUT2D eigenvalue weighted by Crippen LogP contribution is 2.21. The Labute approximate surface area is 141 Å². The summed E-state index contributed by atoms with van der Waals surface area (Å²) in [6.45, 7) is 1.89. The van der Waals surface area contributed by atoms with Crippen molar-refractivity contribution in [1.29, 1.82) is 0 Å². The average molecular weight is 333 g/mol. The van der Waals surface area contributed by atoms with Crippen LogP contribution in [0.1, 0.15) is 16.9 Å². The Balaban J connectivity index is 1.89. The summed E-state index contributed by atoms with van der Waals surface area (Å²) in [4.78, 5) is 18.5. The lowest BCUT2D eigenvalue weighted by Crippen LogP contribution is -2.17. The number of halogens is 1. The summed E-state index contributed by atoms with van der Waals surface area (Å²) in [5.41, 5.74) is 1.83. The van der Waals surface area contributed by atoms with E-state index in [4.69, 9.17) is 11.6 Å². The van der Waals surface area contributed by atoms with Crippen LogP contribution in [0.15, 0.2) is 42.6 Å². The van der Waals surface area contributed by atoms with E-state index in [2.05, 4.69) is 20.5 Å². The number of nitrogens with zero attached hydrogens (tertiary/aromatic N) is 2. The van der Waals surface area contributed by atoms with Gasteiger partial charge in [0.15, 0.2) is 0 Å². The lowest BCUT2D eigenvalue weighted by Gasteiger charge is -2.11. The SMILES string of the molecule is CN(C)CCCNc1ccc(C(=O)Nc2ccccc2Cl)nc1. The van der Waals surface area contributed by atoms with Crippen molar-refractivity contribution < 1.29 is 4.79 Å². The molecule has 23 heavy (non-hydrogen) atoms. The average Bonchev–Trinajstić information content (AvgIpc) is 2.54. The van der Waals surface area contributed by atoms with E-state index in [1.54, 1.807) is 24.4 Å². The number of rotatable bonds is 7. The molecule has 1 aromatic carbocycles. The van der Waals surface area contributed by atoms with Crippen LogP contribution in [0.4, 0.5) is 11.4 Å². The van der Waals surface area contributed by atoms with Crippen LogP contribution in [-0.2, 0) is 0 Å². The number of nitrogens with one attached hydrogen (secondary N) is 2. The second kappa shape index (κ2) is 8.50. The van der Waals surface area contributed by atoms with Crippen molar-refractivity contribution in [2.75, 3.05) is 37.8 Å². The lowest BCUT2D eigenvalue weighted by molar-refractivity contribution is 0.102. The number of pyridine rings is 1. The molecule has 0 fully saturated rings. The first-order chi connectivity index (χ1) is 11.1. The molecule has 2 aromatic rings. The van der Waals surface area contributed by atoms with Crippen molar-refractivity contribution >= 4 is 28.9 Å². The molecule has 0 saturated carbocycles. The lowest BCUT2D eigenvalue weighted by atomic mass is 10.2. The molecule has 0 bridgehead atoms. The van der Waals surface area contributed by atoms with Crippen LogP contribution >= 0.6 is 11.6 Å². The Kier molecular flexibility index (Phi) is 6.38. The minimum atomic E-state index is -0.280. The molecule has 1 aromatic heterocycles. The van der Waals surface area contributed by atoms with Gasteiger partial charge in [0, 0.05) is 6.54 Å². The van der Waals surface area contributed by atoms with Crippen molar-refractivity contribution in [3.8, 4) is 0 Å². The van der Waals surface area contributed by atoms with Gasteiger partial charge in [-0.05, 0) is 51.3 Å². The number of benzene rings is 1. The van der Waals surface area contributed by atoms with Gasteiger partial charge in [0.1, 0.15) is 5.69 Å². The number of aromatic nitrogens is 1. The molecule has 122 valence electrons. The summed E-state index contributed by atoms with van der Waals surface area (Å²) in [5, 5.41) is 6.53. The van der Waals surface area contributed by atoms with E-state index in [0.29, 0.717) is 16.4 Å². The Morgan fingerprint density at radius 1 is 1.22 bits per heavy atom. The number of para-hydroxylation sites is 1. The molecule has 1 amide bonds. The maximum absolute atomic E-state index is 12.2. The monoisotopic (exact) mass is 332 g/mol. The summed E-state index contributed by atoms with van der Waals surface area (Å²) in [7, 11) is 4.10. The molecule has 2 rings (SSSR count). The van der Waals surface area contributed by atoms with Crippen molar-refractivity contribution in [2.24, 2.45) is 0 Å². The van der Waals surface area contributed by atoms with Gasteiger partial charge in [-0.25, -0.2) is 4.98 Å². The molecule has 0 aliphatic heterocycles. The van der Waals surface area contributed by atoms with Gasteiger partial charge in [0.25, 0.3) is 5.91 Å².